The third kappa shape index (κ3) is 2.33. The van der Waals surface area contributed by atoms with E-state index in [-0.39, 0.29) is 5.88 Å². The van der Waals surface area contributed by atoms with Crippen molar-refractivity contribution in [2.45, 2.75) is 0 Å². The van der Waals surface area contributed by atoms with Crippen LogP contribution in [0.4, 0.5) is 5.88 Å². The van der Waals surface area contributed by atoms with Crippen LogP contribution in [-0.2, 0) is 0 Å². The maximum atomic E-state index is 5.88. The fraction of sp³-hybridized carbons (Fsp3) is 0. The number of hydrogen-bond donors (Lipinski definition) is 1. The number of rotatable bonds is 2. The normalized spacial score (nSPS) is 10.6. The Morgan fingerprint density at radius 3 is 2.74 bits per heavy atom. The molecule has 0 spiro atoms. The first-order valence-electron chi connectivity index (χ1n) is 5.68. The number of hydrogen-bond acceptors (Lipinski definition) is 4. The van der Waals surface area contributed by atoms with Crippen molar-refractivity contribution in [3.8, 4) is 22.5 Å². The van der Waals surface area contributed by atoms with E-state index in [2.05, 4.69) is 32.7 Å². The van der Waals surface area contributed by atoms with Crippen LogP contribution in [-0.4, -0.2) is 10.1 Å². The Hall–Kier alpha value is -1.89. The maximum absolute atomic E-state index is 5.88. The monoisotopic (exact) mass is 363 g/mol. The molecule has 0 bridgehead atoms. The summed E-state index contributed by atoms with van der Waals surface area (Å²) in [5.74, 6) is 0.285. The number of pyridine rings is 1. The Morgan fingerprint density at radius 1 is 1.11 bits per heavy atom. The van der Waals surface area contributed by atoms with Crippen molar-refractivity contribution in [1.29, 1.82) is 0 Å². The summed E-state index contributed by atoms with van der Waals surface area (Å²) in [7, 11) is 0. The van der Waals surface area contributed by atoms with E-state index in [1.54, 1.807) is 6.20 Å². The highest BCUT2D eigenvalue weighted by molar-refractivity contribution is 14.1. The first kappa shape index (κ1) is 12.2. The molecule has 4 nitrogen and oxygen atoms in total. The van der Waals surface area contributed by atoms with Crippen molar-refractivity contribution < 1.29 is 4.52 Å². The van der Waals surface area contributed by atoms with Gasteiger partial charge in [0.15, 0.2) is 0 Å². The number of nitrogens with zero attached hydrogens (tertiary/aromatic N) is 2. The van der Waals surface area contributed by atoms with Crippen molar-refractivity contribution in [3.63, 3.8) is 0 Å². The van der Waals surface area contributed by atoms with Crippen molar-refractivity contribution in [3.05, 3.63) is 52.2 Å². The van der Waals surface area contributed by atoms with E-state index in [4.69, 9.17) is 10.3 Å². The highest BCUT2D eigenvalue weighted by atomic mass is 127. The van der Waals surface area contributed by atoms with Gasteiger partial charge in [0.05, 0.1) is 11.3 Å². The van der Waals surface area contributed by atoms with Gasteiger partial charge in [-0.3, -0.25) is 4.98 Å². The number of benzene rings is 1. The molecule has 2 aromatic heterocycles. The third-order valence-electron chi connectivity index (χ3n) is 2.74. The molecule has 0 aliphatic rings. The van der Waals surface area contributed by atoms with Crippen LogP contribution in [0.5, 0.6) is 0 Å². The van der Waals surface area contributed by atoms with Crippen molar-refractivity contribution in [1.82, 2.24) is 10.1 Å². The maximum Gasteiger partial charge on any atom is 0.232 e. The van der Waals surface area contributed by atoms with Crippen LogP contribution < -0.4 is 5.73 Å². The van der Waals surface area contributed by atoms with Gasteiger partial charge < -0.3 is 10.3 Å². The summed E-state index contributed by atoms with van der Waals surface area (Å²) in [6.07, 6.45) is 1.72. The molecule has 94 valence electrons. The lowest BCUT2D eigenvalue weighted by Crippen LogP contribution is -1.90. The quantitative estimate of drug-likeness (QED) is 0.707. The fourth-order valence-electron chi connectivity index (χ4n) is 1.89. The first-order valence-corrected chi connectivity index (χ1v) is 6.76. The van der Waals surface area contributed by atoms with Crippen LogP contribution in [0.1, 0.15) is 0 Å². The second-order valence-corrected chi connectivity index (χ2v) is 5.24. The summed E-state index contributed by atoms with van der Waals surface area (Å²) < 4.78 is 6.26. The number of nitrogens with two attached hydrogens (primary N) is 1. The van der Waals surface area contributed by atoms with E-state index in [0.29, 0.717) is 0 Å². The van der Waals surface area contributed by atoms with Crippen LogP contribution in [0, 0.1) is 3.57 Å². The van der Waals surface area contributed by atoms with Crippen LogP contribution in [0.2, 0.25) is 0 Å². The molecule has 0 radical (unpaired) electrons. The summed E-state index contributed by atoms with van der Waals surface area (Å²) in [4.78, 5) is 4.31. The molecule has 5 heteroatoms. The molecule has 0 amide bonds. The zero-order valence-electron chi connectivity index (χ0n) is 9.88. The van der Waals surface area contributed by atoms with E-state index in [1.165, 1.54) is 0 Å². The lowest BCUT2D eigenvalue weighted by atomic mass is 10.0. The SMILES string of the molecule is Nc1onc(-c2cccc(I)c2)c1-c1ccccn1. The summed E-state index contributed by atoms with van der Waals surface area (Å²) >= 11 is 2.26. The smallest absolute Gasteiger partial charge is 0.232 e. The molecule has 0 aliphatic heterocycles. The topological polar surface area (TPSA) is 64.9 Å². The van der Waals surface area contributed by atoms with E-state index < -0.39 is 0 Å². The van der Waals surface area contributed by atoms with Crippen molar-refractivity contribution in [2.75, 3.05) is 5.73 Å². The number of halogens is 1. The van der Waals surface area contributed by atoms with E-state index >= 15 is 0 Å². The summed E-state index contributed by atoms with van der Waals surface area (Å²) in [6, 6.07) is 13.7. The minimum Gasteiger partial charge on any atom is -0.367 e. The molecule has 3 aromatic rings. The van der Waals surface area contributed by atoms with Gasteiger partial charge in [0.25, 0.3) is 0 Å². The predicted molar refractivity (Wildman–Crippen MR) is 82.3 cm³/mol. The van der Waals surface area contributed by atoms with Gasteiger partial charge in [-0.25, -0.2) is 0 Å². The first-order chi connectivity index (χ1) is 9.25. The average molecular weight is 363 g/mol. The molecule has 0 unspecified atom stereocenters. The minimum atomic E-state index is 0.285. The Labute approximate surface area is 123 Å². The van der Waals surface area contributed by atoms with Gasteiger partial charge in [0.1, 0.15) is 5.69 Å². The van der Waals surface area contributed by atoms with Gasteiger partial charge in [0.2, 0.25) is 5.88 Å². The fourth-order valence-corrected chi connectivity index (χ4v) is 2.44. The lowest BCUT2D eigenvalue weighted by molar-refractivity contribution is 0.439. The largest absolute Gasteiger partial charge is 0.367 e. The molecule has 2 N–H and O–H groups in total. The van der Waals surface area contributed by atoms with Crippen LogP contribution >= 0.6 is 22.6 Å². The zero-order chi connectivity index (χ0) is 13.2. The number of anilines is 1. The highest BCUT2D eigenvalue weighted by Gasteiger charge is 2.18. The Bertz CT molecular complexity index is 710. The molecular formula is C14H10IN3O. The molecule has 2 heterocycles. The standard InChI is InChI=1S/C14H10IN3O/c15-10-5-3-4-9(8-10)13-12(14(16)19-18-13)11-6-1-2-7-17-11/h1-8H,16H2. The van der Waals surface area contributed by atoms with Crippen molar-refractivity contribution >= 4 is 28.5 Å². The molecule has 0 aliphatic carbocycles. The second kappa shape index (κ2) is 5.00. The van der Waals surface area contributed by atoms with E-state index in [9.17, 15) is 0 Å². The molecule has 19 heavy (non-hydrogen) atoms. The zero-order valence-corrected chi connectivity index (χ0v) is 12.0. The molecule has 0 atom stereocenters. The van der Waals surface area contributed by atoms with Gasteiger partial charge >= 0.3 is 0 Å². The molecular weight excluding hydrogens is 353 g/mol. The lowest BCUT2D eigenvalue weighted by Gasteiger charge is -2.02. The van der Waals surface area contributed by atoms with Crippen LogP contribution in [0.3, 0.4) is 0 Å². The van der Waals surface area contributed by atoms with Crippen LogP contribution in [0.15, 0.2) is 53.2 Å². The van der Waals surface area contributed by atoms with Gasteiger partial charge in [0, 0.05) is 15.3 Å². The Balaban J connectivity index is 2.19. The predicted octanol–water partition coefficient (Wildman–Crippen LogP) is 3.59. The Kier molecular flexibility index (Phi) is 3.20. The van der Waals surface area contributed by atoms with Crippen LogP contribution in [0.25, 0.3) is 22.5 Å². The van der Waals surface area contributed by atoms with Crippen molar-refractivity contribution in [2.24, 2.45) is 0 Å². The number of aromatic nitrogens is 2. The minimum absolute atomic E-state index is 0.285. The molecule has 0 fully saturated rings. The molecule has 0 saturated carbocycles. The summed E-state index contributed by atoms with van der Waals surface area (Å²) in [6.45, 7) is 0. The van der Waals surface area contributed by atoms with Gasteiger partial charge in [-0.15, -0.1) is 0 Å². The highest BCUT2D eigenvalue weighted by Crippen LogP contribution is 2.35. The Morgan fingerprint density at radius 2 is 2.00 bits per heavy atom. The average Bonchev–Trinajstić information content (AvgIpc) is 2.82. The number of nitrogen functional groups attached to an aromatic ring is 1. The van der Waals surface area contributed by atoms with E-state index in [0.717, 1.165) is 26.1 Å². The third-order valence-corrected chi connectivity index (χ3v) is 3.41. The summed E-state index contributed by atoms with van der Waals surface area (Å²) in [5, 5.41) is 4.06. The second-order valence-electron chi connectivity index (χ2n) is 4.00. The molecule has 1 aromatic carbocycles. The van der Waals surface area contributed by atoms with Gasteiger partial charge in [-0.1, -0.05) is 23.4 Å². The van der Waals surface area contributed by atoms with E-state index in [1.807, 2.05) is 42.5 Å². The van der Waals surface area contributed by atoms with Gasteiger partial charge in [-0.2, -0.15) is 0 Å². The summed E-state index contributed by atoms with van der Waals surface area (Å²) in [5.41, 5.74) is 9.06. The molecule has 0 saturated heterocycles. The van der Waals surface area contributed by atoms with Gasteiger partial charge in [-0.05, 0) is 46.9 Å². The molecule has 3 rings (SSSR count).